The standard InChI is InChI=1S/C17H16FNO4/c1-22-16(21)13-12-6-7-17(23-12)9-19(15(20)14(13)17)8-10-2-4-11(18)5-3-10/h2-7,12-14H,8-9H2,1H3/t12-,13+,14+,17-/m1/s1. The second-order valence-electron chi connectivity index (χ2n) is 6.24. The Kier molecular flexibility index (Phi) is 3.06. The Bertz CT molecular complexity index is 701. The number of esters is 1. The van der Waals surface area contributed by atoms with Crippen molar-refractivity contribution in [3.8, 4) is 0 Å². The minimum Gasteiger partial charge on any atom is -0.469 e. The predicted molar refractivity (Wildman–Crippen MR) is 77.6 cm³/mol. The molecule has 0 aliphatic carbocycles. The third-order valence-electron chi connectivity index (χ3n) is 4.94. The minimum absolute atomic E-state index is 0.114. The Morgan fingerprint density at radius 3 is 2.87 bits per heavy atom. The molecule has 4 atom stereocenters. The summed E-state index contributed by atoms with van der Waals surface area (Å²) >= 11 is 0. The molecule has 2 bridgehead atoms. The first-order valence-corrected chi connectivity index (χ1v) is 7.52. The summed E-state index contributed by atoms with van der Waals surface area (Å²) in [6.45, 7) is 0.765. The molecular weight excluding hydrogens is 301 g/mol. The van der Waals surface area contributed by atoms with Crippen LogP contribution >= 0.6 is 0 Å². The van der Waals surface area contributed by atoms with Crippen molar-refractivity contribution in [2.24, 2.45) is 11.8 Å². The molecule has 1 amide bonds. The molecule has 1 aromatic carbocycles. The van der Waals surface area contributed by atoms with Crippen LogP contribution in [0.4, 0.5) is 4.39 Å². The fourth-order valence-corrected chi connectivity index (χ4v) is 3.93. The Balaban J connectivity index is 1.60. The van der Waals surface area contributed by atoms with Crippen LogP contribution in [0.15, 0.2) is 36.4 Å². The molecule has 0 aromatic heterocycles. The van der Waals surface area contributed by atoms with Gasteiger partial charge in [0.05, 0.1) is 25.7 Å². The van der Waals surface area contributed by atoms with Crippen LogP contribution in [0.5, 0.6) is 0 Å². The number of hydrogen-bond donors (Lipinski definition) is 0. The molecule has 3 aliphatic rings. The van der Waals surface area contributed by atoms with Crippen molar-refractivity contribution >= 4 is 11.9 Å². The molecule has 0 unspecified atom stereocenters. The van der Waals surface area contributed by atoms with E-state index >= 15 is 0 Å². The molecule has 6 heteroatoms. The summed E-state index contributed by atoms with van der Waals surface area (Å²) in [7, 11) is 1.32. The van der Waals surface area contributed by atoms with Crippen molar-refractivity contribution in [2.75, 3.05) is 13.7 Å². The molecule has 2 fully saturated rings. The van der Waals surface area contributed by atoms with E-state index in [2.05, 4.69) is 0 Å². The van der Waals surface area contributed by atoms with Crippen molar-refractivity contribution in [2.45, 2.75) is 18.2 Å². The van der Waals surface area contributed by atoms with Crippen LogP contribution in [0.3, 0.4) is 0 Å². The number of rotatable bonds is 3. The predicted octanol–water partition coefficient (Wildman–Crippen LogP) is 1.28. The average Bonchev–Trinajstić information content (AvgIpc) is 3.18. The van der Waals surface area contributed by atoms with E-state index < -0.39 is 23.4 Å². The Morgan fingerprint density at radius 1 is 1.43 bits per heavy atom. The number of amides is 1. The van der Waals surface area contributed by atoms with E-state index in [-0.39, 0.29) is 17.8 Å². The van der Waals surface area contributed by atoms with Crippen LogP contribution in [-0.2, 0) is 25.6 Å². The summed E-state index contributed by atoms with van der Waals surface area (Å²) in [4.78, 5) is 26.5. The summed E-state index contributed by atoms with van der Waals surface area (Å²) in [5, 5.41) is 0. The monoisotopic (exact) mass is 317 g/mol. The van der Waals surface area contributed by atoms with Gasteiger partial charge in [0, 0.05) is 6.54 Å². The van der Waals surface area contributed by atoms with Crippen LogP contribution in [-0.4, -0.2) is 42.1 Å². The Labute approximate surface area is 132 Å². The van der Waals surface area contributed by atoms with Gasteiger partial charge in [0.15, 0.2) is 0 Å². The third-order valence-corrected chi connectivity index (χ3v) is 4.94. The summed E-state index contributed by atoms with van der Waals surface area (Å²) in [6, 6.07) is 6.04. The maximum Gasteiger partial charge on any atom is 0.312 e. The average molecular weight is 317 g/mol. The van der Waals surface area contributed by atoms with E-state index in [1.807, 2.05) is 12.2 Å². The SMILES string of the molecule is COC(=O)[C@@H]1[C@H]2C(=O)N(Cc3ccc(F)cc3)C[C@]23C=C[C@H]1O3. The fraction of sp³-hybridized carbons (Fsp3) is 0.412. The van der Waals surface area contributed by atoms with Gasteiger partial charge in [-0.25, -0.2) is 4.39 Å². The van der Waals surface area contributed by atoms with Crippen molar-refractivity contribution in [1.82, 2.24) is 4.90 Å². The third kappa shape index (κ3) is 2.01. The van der Waals surface area contributed by atoms with Gasteiger partial charge in [-0.05, 0) is 17.7 Å². The fourth-order valence-electron chi connectivity index (χ4n) is 3.93. The number of likely N-dealkylation sites (tertiary alicyclic amines) is 1. The van der Waals surface area contributed by atoms with Crippen LogP contribution < -0.4 is 0 Å². The Morgan fingerprint density at radius 2 is 2.17 bits per heavy atom. The van der Waals surface area contributed by atoms with Crippen LogP contribution in [0.25, 0.3) is 0 Å². The number of carbonyl (C=O) groups is 2. The number of benzene rings is 1. The topological polar surface area (TPSA) is 55.8 Å². The number of nitrogens with zero attached hydrogens (tertiary/aromatic N) is 1. The van der Waals surface area contributed by atoms with E-state index in [1.54, 1.807) is 17.0 Å². The highest BCUT2D eigenvalue weighted by atomic mass is 19.1. The molecule has 1 spiro atoms. The molecule has 3 heterocycles. The molecule has 1 aromatic rings. The van der Waals surface area contributed by atoms with Crippen LogP contribution in [0, 0.1) is 17.7 Å². The number of methoxy groups -OCH3 is 1. The minimum atomic E-state index is -0.735. The lowest BCUT2D eigenvalue weighted by Gasteiger charge is -2.22. The molecule has 23 heavy (non-hydrogen) atoms. The lowest BCUT2D eigenvalue weighted by molar-refractivity contribution is -0.151. The van der Waals surface area contributed by atoms with Gasteiger partial charge in [0.2, 0.25) is 5.91 Å². The van der Waals surface area contributed by atoms with Gasteiger partial charge in [-0.15, -0.1) is 0 Å². The van der Waals surface area contributed by atoms with Crippen LogP contribution in [0.1, 0.15) is 5.56 Å². The number of fused-ring (bicyclic) bond motifs is 1. The van der Waals surface area contributed by atoms with Crippen molar-refractivity contribution in [3.63, 3.8) is 0 Å². The zero-order valence-corrected chi connectivity index (χ0v) is 12.6. The molecule has 120 valence electrons. The van der Waals surface area contributed by atoms with Crippen molar-refractivity contribution in [3.05, 3.63) is 47.8 Å². The first-order valence-electron chi connectivity index (χ1n) is 7.52. The summed E-state index contributed by atoms with van der Waals surface area (Å²) in [5.74, 6) is -1.96. The first kappa shape index (κ1) is 14.4. The van der Waals surface area contributed by atoms with Gasteiger partial charge < -0.3 is 14.4 Å². The van der Waals surface area contributed by atoms with E-state index in [9.17, 15) is 14.0 Å². The van der Waals surface area contributed by atoms with E-state index in [1.165, 1.54) is 19.2 Å². The lowest BCUT2D eigenvalue weighted by Crippen LogP contribution is -2.39. The van der Waals surface area contributed by atoms with Gasteiger partial charge in [-0.3, -0.25) is 9.59 Å². The van der Waals surface area contributed by atoms with Gasteiger partial charge in [0.1, 0.15) is 17.3 Å². The molecule has 0 N–H and O–H groups in total. The molecule has 0 radical (unpaired) electrons. The molecule has 2 saturated heterocycles. The summed E-state index contributed by atoms with van der Waals surface area (Å²) in [6.07, 6.45) is 3.35. The van der Waals surface area contributed by atoms with Crippen molar-refractivity contribution < 1.29 is 23.5 Å². The maximum absolute atomic E-state index is 13.0. The second kappa shape index (κ2) is 4.89. The highest BCUT2D eigenvalue weighted by molar-refractivity contribution is 5.91. The molecule has 0 saturated carbocycles. The quantitative estimate of drug-likeness (QED) is 0.622. The highest BCUT2D eigenvalue weighted by Gasteiger charge is 2.67. The summed E-state index contributed by atoms with van der Waals surface area (Å²) in [5.41, 5.74) is 0.102. The van der Waals surface area contributed by atoms with Gasteiger partial charge in [0.25, 0.3) is 0 Å². The lowest BCUT2D eigenvalue weighted by atomic mass is 9.77. The molecule has 5 nitrogen and oxygen atoms in total. The second-order valence-corrected chi connectivity index (χ2v) is 6.24. The number of halogens is 1. The number of carbonyl (C=O) groups excluding carboxylic acids is 2. The van der Waals surface area contributed by atoms with Gasteiger partial charge in [-0.2, -0.15) is 0 Å². The highest BCUT2D eigenvalue weighted by Crippen LogP contribution is 2.52. The number of hydrogen-bond acceptors (Lipinski definition) is 4. The first-order chi connectivity index (χ1) is 11.0. The zero-order valence-electron chi connectivity index (χ0n) is 12.6. The molecular formula is C17H16FNO4. The largest absolute Gasteiger partial charge is 0.469 e. The van der Waals surface area contributed by atoms with E-state index in [0.29, 0.717) is 13.1 Å². The zero-order chi connectivity index (χ0) is 16.2. The normalized spacial score (nSPS) is 34.1. The van der Waals surface area contributed by atoms with E-state index in [4.69, 9.17) is 9.47 Å². The van der Waals surface area contributed by atoms with Crippen molar-refractivity contribution in [1.29, 1.82) is 0 Å². The maximum atomic E-state index is 13.0. The number of ether oxygens (including phenoxy) is 2. The summed E-state index contributed by atoms with van der Waals surface area (Å²) < 4.78 is 23.8. The van der Waals surface area contributed by atoms with Gasteiger partial charge >= 0.3 is 5.97 Å². The van der Waals surface area contributed by atoms with E-state index in [0.717, 1.165) is 5.56 Å². The Hall–Kier alpha value is -2.21. The van der Waals surface area contributed by atoms with Gasteiger partial charge in [-0.1, -0.05) is 24.3 Å². The smallest absolute Gasteiger partial charge is 0.312 e. The van der Waals surface area contributed by atoms with Crippen LogP contribution in [0.2, 0.25) is 0 Å². The molecule has 3 aliphatic heterocycles. The molecule has 4 rings (SSSR count).